The number of aromatic nitrogens is 4. The SMILES string of the molecule is O=C(Nc1ccc2cn[nH]c2c1)c1cc2nc(Nc3ccccc3C(F)(F)F)[nH]c2cc1N1CCN(C(=O)OCOP(=O)(OCc2ccccc2)OCc2ccccc2)CC1. The van der Waals surface area contributed by atoms with Gasteiger partial charge < -0.3 is 30.2 Å². The lowest BCUT2D eigenvalue weighted by molar-refractivity contribution is -0.136. The van der Waals surface area contributed by atoms with Crippen molar-refractivity contribution in [3.63, 3.8) is 0 Å². The highest BCUT2D eigenvalue weighted by atomic mass is 31.2. The smallest absolute Gasteiger partial charge is 0.422 e. The van der Waals surface area contributed by atoms with Gasteiger partial charge in [0.25, 0.3) is 5.91 Å². The Morgan fingerprint density at radius 2 is 1.46 bits per heavy atom. The predicted molar refractivity (Wildman–Crippen MR) is 221 cm³/mol. The number of hydrogen-bond donors (Lipinski definition) is 4. The molecule has 314 valence electrons. The Bertz CT molecular complexity index is 2640. The lowest BCUT2D eigenvalue weighted by atomic mass is 10.1. The first-order valence-electron chi connectivity index (χ1n) is 19.0. The molecule has 0 atom stereocenters. The first-order chi connectivity index (χ1) is 29.5. The van der Waals surface area contributed by atoms with Crippen LogP contribution in [-0.2, 0) is 42.3 Å². The second-order valence-electron chi connectivity index (χ2n) is 13.9. The summed E-state index contributed by atoms with van der Waals surface area (Å²) in [6.07, 6.45) is -3.68. The molecule has 1 fully saturated rings. The molecule has 19 heteroatoms. The van der Waals surface area contributed by atoms with Crippen LogP contribution in [0, 0.1) is 0 Å². The van der Waals surface area contributed by atoms with Crippen LogP contribution in [0.1, 0.15) is 27.0 Å². The number of rotatable bonds is 14. The van der Waals surface area contributed by atoms with Crippen LogP contribution in [0.3, 0.4) is 0 Å². The van der Waals surface area contributed by atoms with Gasteiger partial charge in [-0.25, -0.2) is 18.9 Å². The molecule has 0 radical (unpaired) electrons. The normalized spacial score (nSPS) is 13.4. The van der Waals surface area contributed by atoms with E-state index in [1.165, 1.54) is 23.1 Å². The zero-order valence-corrected chi connectivity index (χ0v) is 33.1. The standard InChI is InChI=1S/C42H38F3N8O7P/c43-42(44,45)33-13-7-8-14-34(33)48-40-49-36-22-32(39(54)47-31-16-15-30-24-46-51-35(30)21-31)38(23-37(36)50-40)52-17-19-53(20-18-52)41(55)57-27-60-61(56,58-25-28-9-3-1-4-10-28)59-26-29-11-5-2-6-12-29/h1-16,21-24H,17-20,25-27H2,(H,46,51)(H,47,54)(H2,48,49,50). The van der Waals surface area contributed by atoms with Gasteiger partial charge >= 0.3 is 20.1 Å². The number of fused-ring (bicyclic) bond motifs is 2. The summed E-state index contributed by atoms with van der Waals surface area (Å²) in [6.45, 7) is 0.00981. The Kier molecular flexibility index (Phi) is 12.0. The van der Waals surface area contributed by atoms with Crippen LogP contribution in [-0.4, -0.2) is 70.0 Å². The van der Waals surface area contributed by atoms with Gasteiger partial charge in [-0.15, -0.1) is 0 Å². The third kappa shape index (κ3) is 10.0. The van der Waals surface area contributed by atoms with Crippen LogP contribution in [0.2, 0.25) is 0 Å². The van der Waals surface area contributed by atoms with Crippen molar-refractivity contribution in [3.8, 4) is 0 Å². The van der Waals surface area contributed by atoms with Gasteiger partial charge in [-0.05, 0) is 53.6 Å². The van der Waals surface area contributed by atoms with E-state index in [4.69, 9.17) is 18.3 Å². The maximum Gasteiger partial charge on any atom is 0.478 e. The summed E-state index contributed by atoms with van der Waals surface area (Å²) >= 11 is 0. The van der Waals surface area contributed by atoms with Gasteiger partial charge in [-0.2, -0.15) is 18.3 Å². The van der Waals surface area contributed by atoms with Crippen molar-refractivity contribution in [2.24, 2.45) is 0 Å². The molecule has 1 aliphatic heterocycles. The summed E-state index contributed by atoms with van der Waals surface area (Å²) in [5.74, 6) is -0.432. The average molecular weight is 855 g/mol. The minimum absolute atomic E-state index is 0.0372. The number of amides is 2. The van der Waals surface area contributed by atoms with Gasteiger partial charge in [-0.1, -0.05) is 72.8 Å². The Balaban J connectivity index is 0.960. The van der Waals surface area contributed by atoms with Crippen molar-refractivity contribution < 1.29 is 45.6 Å². The molecule has 7 aromatic rings. The molecule has 1 saturated heterocycles. The average Bonchev–Trinajstić information content (AvgIpc) is 3.91. The number of carbonyl (C=O) groups excluding carboxylic acids is 2. The van der Waals surface area contributed by atoms with E-state index in [9.17, 15) is 27.3 Å². The van der Waals surface area contributed by atoms with Crippen LogP contribution in [0.4, 0.5) is 41.0 Å². The van der Waals surface area contributed by atoms with Crippen LogP contribution in [0.15, 0.2) is 121 Å². The number of carbonyl (C=O) groups is 2. The number of piperazine rings is 1. The molecular formula is C42H38F3N8O7P. The van der Waals surface area contributed by atoms with E-state index in [1.54, 1.807) is 60.8 Å². The number of anilines is 4. The van der Waals surface area contributed by atoms with E-state index in [0.717, 1.165) is 22.6 Å². The van der Waals surface area contributed by atoms with Crippen LogP contribution >= 0.6 is 7.82 Å². The third-order valence-corrected chi connectivity index (χ3v) is 11.1. The Labute approximate surface area is 346 Å². The number of phosphoric acid groups is 1. The zero-order valence-electron chi connectivity index (χ0n) is 32.2. The fourth-order valence-electron chi connectivity index (χ4n) is 6.66. The Morgan fingerprint density at radius 1 is 0.787 bits per heavy atom. The molecule has 4 N–H and O–H groups in total. The number of benzene rings is 5. The molecule has 8 rings (SSSR count). The minimum atomic E-state index is -4.61. The first-order valence-corrected chi connectivity index (χ1v) is 20.5. The van der Waals surface area contributed by atoms with Gasteiger partial charge in [0.15, 0.2) is 0 Å². The maximum atomic E-state index is 14.0. The molecule has 2 aromatic heterocycles. The number of para-hydroxylation sites is 1. The number of phosphoric ester groups is 1. The summed E-state index contributed by atoms with van der Waals surface area (Å²) in [4.78, 5) is 38.1. The number of aromatic amines is 2. The molecular weight excluding hydrogens is 816 g/mol. The largest absolute Gasteiger partial charge is 0.478 e. The van der Waals surface area contributed by atoms with Gasteiger partial charge in [0.2, 0.25) is 12.7 Å². The van der Waals surface area contributed by atoms with Gasteiger partial charge in [0.05, 0.1) is 58.5 Å². The number of imidazole rings is 1. The number of nitrogens with zero attached hydrogens (tertiary/aromatic N) is 4. The Hall–Kier alpha value is -6.72. The molecule has 0 spiro atoms. The van der Waals surface area contributed by atoms with Crippen LogP contribution in [0.25, 0.3) is 21.9 Å². The summed E-state index contributed by atoms with van der Waals surface area (Å²) in [6, 6.07) is 31.7. The van der Waals surface area contributed by atoms with Gasteiger partial charge in [-0.3, -0.25) is 18.9 Å². The summed E-state index contributed by atoms with van der Waals surface area (Å²) in [7, 11) is -4.20. The lowest BCUT2D eigenvalue weighted by Crippen LogP contribution is -2.49. The molecule has 2 amide bonds. The fourth-order valence-corrected chi connectivity index (χ4v) is 7.68. The van der Waals surface area contributed by atoms with Crippen molar-refractivity contribution in [1.82, 2.24) is 25.1 Å². The maximum absolute atomic E-state index is 14.0. The summed E-state index contributed by atoms with van der Waals surface area (Å²) in [5, 5.41) is 13.4. The zero-order chi connectivity index (χ0) is 42.4. The van der Waals surface area contributed by atoms with Crippen molar-refractivity contribution in [3.05, 3.63) is 144 Å². The number of hydrogen-bond acceptors (Lipinski definition) is 11. The highest BCUT2D eigenvalue weighted by Gasteiger charge is 2.34. The van der Waals surface area contributed by atoms with Gasteiger partial charge in [0, 0.05) is 37.3 Å². The van der Waals surface area contributed by atoms with E-state index >= 15 is 0 Å². The molecule has 3 heterocycles. The number of nitrogens with one attached hydrogen (secondary N) is 4. The third-order valence-electron chi connectivity index (χ3n) is 9.77. The van der Waals surface area contributed by atoms with Crippen molar-refractivity contribution in [2.45, 2.75) is 19.4 Å². The van der Waals surface area contributed by atoms with E-state index in [2.05, 4.69) is 30.8 Å². The van der Waals surface area contributed by atoms with E-state index in [1.807, 2.05) is 41.3 Å². The van der Waals surface area contributed by atoms with Crippen LogP contribution in [0.5, 0.6) is 0 Å². The Morgan fingerprint density at radius 3 is 2.15 bits per heavy atom. The van der Waals surface area contributed by atoms with Gasteiger partial charge in [0.1, 0.15) is 0 Å². The molecule has 0 saturated carbocycles. The molecule has 0 bridgehead atoms. The molecule has 0 aliphatic carbocycles. The summed E-state index contributed by atoms with van der Waals surface area (Å²) in [5.41, 5.74) is 3.11. The number of halogens is 3. The second-order valence-corrected chi connectivity index (χ2v) is 15.5. The van der Waals surface area contributed by atoms with Crippen molar-refractivity contribution in [1.29, 1.82) is 0 Å². The topological polar surface area (TPSA) is 176 Å². The van der Waals surface area contributed by atoms with Crippen molar-refractivity contribution in [2.75, 3.05) is 48.5 Å². The van der Waals surface area contributed by atoms with E-state index < -0.39 is 38.4 Å². The lowest BCUT2D eigenvalue weighted by Gasteiger charge is -2.36. The second kappa shape index (κ2) is 17.9. The molecule has 0 unspecified atom stereocenters. The molecule has 61 heavy (non-hydrogen) atoms. The monoisotopic (exact) mass is 854 g/mol. The quantitative estimate of drug-likeness (QED) is 0.0606. The molecule has 1 aliphatic rings. The number of H-pyrrole nitrogens is 2. The van der Waals surface area contributed by atoms with Crippen LogP contribution < -0.4 is 15.5 Å². The van der Waals surface area contributed by atoms with E-state index in [-0.39, 0.29) is 56.6 Å². The summed E-state index contributed by atoms with van der Waals surface area (Å²) < 4.78 is 76.9. The number of alkyl halides is 3. The molecule has 5 aromatic carbocycles. The minimum Gasteiger partial charge on any atom is -0.422 e. The molecule has 15 nitrogen and oxygen atoms in total. The van der Waals surface area contributed by atoms with Crippen molar-refractivity contribution >= 4 is 64.8 Å². The van der Waals surface area contributed by atoms with E-state index in [0.29, 0.717) is 27.9 Å². The highest BCUT2D eigenvalue weighted by Crippen LogP contribution is 2.51. The fraction of sp³-hybridized carbons (Fsp3) is 0.190. The highest BCUT2D eigenvalue weighted by molar-refractivity contribution is 7.48. The number of ether oxygens (including phenoxy) is 1. The first kappa shape index (κ1) is 41.0. The predicted octanol–water partition coefficient (Wildman–Crippen LogP) is 9.23.